The van der Waals surface area contributed by atoms with Gasteiger partial charge in [0.1, 0.15) is 0 Å². The van der Waals surface area contributed by atoms with Crippen molar-refractivity contribution in [1.29, 1.82) is 0 Å². The van der Waals surface area contributed by atoms with Crippen LogP contribution < -0.4 is 5.32 Å². The van der Waals surface area contributed by atoms with Crippen molar-refractivity contribution in [2.45, 2.75) is 44.1 Å². The predicted molar refractivity (Wildman–Crippen MR) is 87.4 cm³/mol. The molecule has 1 N–H and O–H groups in total. The lowest BCUT2D eigenvalue weighted by molar-refractivity contribution is 0.419. The number of hydrogen-bond donors (Lipinski definition) is 1. The van der Waals surface area contributed by atoms with Crippen molar-refractivity contribution in [3.8, 4) is 0 Å². The average Bonchev–Trinajstić information content (AvgIpc) is 2.49. The molecule has 2 nitrogen and oxygen atoms in total. The van der Waals surface area contributed by atoms with Gasteiger partial charge in [0.2, 0.25) is 0 Å². The highest BCUT2D eigenvalue weighted by Gasteiger charge is 2.19. The van der Waals surface area contributed by atoms with Crippen LogP contribution in [-0.4, -0.2) is 12.0 Å². The predicted octanol–water partition coefficient (Wildman–Crippen LogP) is 4.24. The van der Waals surface area contributed by atoms with Crippen molar-refractivity contribution in [3.05, 3.63) is 65.5 Å². The zero-order valence-electron chi connectivity index (χ0n) is 12.8. The van der Waals surface area contributed by atoms with Gasteiger partial charge < -0.3 is 5.32 Å². The Morgan fingerprint density at radius 2 is 2.00 bits per heavy atom. The van der Waals surface area contributed by atoms with Crippen LogP contribution in [0.4, 0.5) is 0 Å². The maximum Gasteiger partial charge on any atom is 0.0320 e. The van der Waals surface area contributed by atoms with E-state index < -0.39 is 0 Å². The second kappa shape index (κ2) is 6.86. The third kappa shape index (κ3) is 3.51. The van der Waals surface area contributed by atoms with E-state index in [2.05, 4.69) is 40.6 Å². The molecule has 1 aromatic carbocycles. The highest BCUT2D eigenvalue weighted by molar-refractivity contribution is 5.28. The quantitative estimate of drug-likeness (QED) is 0.856. The monoisotopic (exact) mass is 280 g/mol. The minimum atomic E-state index is 0.417. The summed E-state index contributed by atoms with van der Waals surface area (Å²) >= 11 is 0. The molecule has 1 atom stereocenters. The first-order valence-electron chi connectivity index (χ1n) is 8.03. The van der Waals surface area contributed by atoms with E-state index >= 15 is 0 Å². The molecule has 0 spiro atoms. The molecule has 0 saturated heterocycles. The topological polar surface area (TPSA) is 24.9 Å². The molecule has 1 saturated carbocycles. The number of pyridine rings is 1. The van der Waals surface area contributed by atoms with Gasteiger partial charge >= 0.3 is 0 Å². The van der Waals surface area contributed by atoms with Crippen LogP contribution in [0.5, 0.6) is 0 Å². The van der Waals surface area contributed by atoms with Crippen LogP contribution in [0.25, 0.3) is 0 Å². The summed E-state index contributed by atoms with van der Waals surface area (Å²) in [5, 5.41) is 3.44. The van der Waals surface area contributed by atoms with Crippen molar-refractivity contribution in [2.75, 3.05) is 7.05 Å². The number of rotatable bonds is 6. The molecule has 3 rings (SSSR count). The summed E-state index contributed by atoms with van der Waals surface area (Å²) in [6.07, 6.45) is 10.1. The fourth-order valence-electron chi connectivity index (χ4n) is 3.08. The van der Waals surface area contributed by atoms with E-state index in [4.69, 9.17) is 0 Å². The molecule has 1 unspecified atom stereocenters. The van der Waals surface area contributed by atoms with Crippen LogP contribution in [0.2, 0.25) is 0 Å². The summed E-state index contributed by atoms with van der Waals surface area (Å²) in [7, 11) is 2.05. The minimum absolute atomic E-state index is 0.417. The molecule has 0 radical (unpaired) electrons. The molecule has 0 amide bonds. The SMILES string of the molecule is CNC(CCc1cccnc1)c1ccc(C2CCC2)cc1. The molecule has 2 aromatic rings. The fourth-order valence-corrected chi connectivity index (χ4v) is 3.08. The normalized spacial score (nSPS) is 16.4. The van der Waals surface area contributed by atoms with Gasteiger partial charge in [-0.2, -0.15) is 0 Å². The van der Waals surface area contributed by atoms with Gasteiger partial charge in [-0.3, -0.25) is 4.98 Å². The number of hydrogen-bond acceptors (Lipinski definition) is 2. The molecular formula is C19H24N2. The molecule has 1 heterocycles. The lowest BCUT2D eigenvalue weighted by Crippen LogP contribution is -2.17. The lowest BCUT2D eigenvalue weighted by atomic mass is 9.80. The summed E-state index contributed by atoms with van der Waals surface area (Å²) in [6.45, 7) is 0. The van der Waals surface area contributed by atoms with E-state index in [1.165, 1.54) is 36.0 Å². The molecular weight excluding hydrogens is 256 g/mol. The second-order valence-electron chi connectivity index (χ2n) is 6.04. The van der Waals surface area contributed by atoms with Gasteiger partial charge in [0, 0.05) is 18.4 Å². The number of benzene rings is 1. The standard InChI is InChI=1S/C19H24N2/c1-20-19(12-7-15-4-3-13-21-14-15)18-10-8-17(9-11-18)16-5-2-6-16/h3-4,8-11,13-14,16,19-20H,2,5-7,12H2,1H3. The van der Waals surface area contributed by atoms with E-state index in [1.54, 1.807) is 0 Å². The largest absolute Gasteiger partial charge is 0.313 e. The van der Waals surface area contributed by atoms with Crippen LogP contribution in [0.3, 0.4) is 0 Å². The Morgan fingerprint density at radius 1 is 1.19 bits per heavy atom. The summed E-state index contributed by atoms with van der Waals surface area (Å²) in [6, 6.07) is 13.8. The molecule has 1 fully saturated rings. The Balaban J connectivity index is 1.62. The van der Waals surface area contributed by atoms with Crippen molar-refractivity contribution in [2.24, 2.45) is 0 Å². The number of aryl methyl sites for hydroxylation is 1. The molecule has 1 aliphatic carbocycles. The zero-order valence-corrected chi connectivity index (χ0v) is 12.8. The van der Waals surface area contributed by atoms with E-state index in [-0.39, 0.29) is 0 Å². The Morgan fingerprint density at radius 3 is 2.57 bits per heavy atom. The number of aromatic nitrogens is 1. The minimum Gasteiger partial charge on any atom is -0.313 e. The highest BCUT2D eigenvalue weighted by atomic mass is 14.9. The van der Waals surface area contributed by atoms with Gasteiger partial charge in [-0.1, -0.05) is 36.8 Å². The van der Waals surface area contributed by atoms with Crippen molar-refractivity contribution in [1.82, 2.24) is 10.3 Å². The fraction of sp³-hybridized carbons (Fsp3) is 0.421. The van der Waals surface area contributed by atoms with Crippen LogP contribution in [0.15, 0.2) is 48.8 Å². The first-order chi connectivity index (χ1) is 10.4. The Kier molecular flexibility index (Phi) is 4.66. The Bertz CT molecular complexity index is 544. The first kappa shape index (κ1) is 14.3. The van der Waals surface area contributed by atoms with Crippen LogP contribution in [0.1, 0.15) is 54.3 Å². The Hall–Kier alpha value is -1.67. The maximum atomic E-state index is 4.19. The number of nitrogens with one attached hydrogen (secondary N) is 1. The second-order valence-corrected chi connectivity index (χ2v) is 6.04. The van der Waals surface area contributed by atoms with E-state index in [0.717, 1.165) is 18.8 Å². The van der Waals surface area contributed by atoms with Crippen LogP contribution in [0, 0.1) is 0 Å². The highest BCUT2D eigenvalue weighted by Crippen LogP contribution is 2.36. The first-order valence-corrected chi connectivity index (χ1v) is 8.03. The third-order valence-corrected chi connectivity index (χ3v) is 4.71. The van der Waals surface area contributed by atoms with Gasteiger partial charge in [0.25, 0.3) is 0 Å². The van der Waals surface area contributed by atoms with Crippen LogP contribution >= 0.6 is 0 Å². The molecule has 0 bridgehead atoms. The van der Waals surface area contributed by atoms with Crippen molar-refractivity contribution >= 4 is 0 Å². The molecule has 21 heavy (non-hydrogen) atoms. The summed E-state index contributed by atoms with van der Waals surface area (Å²) in [5.41, 5.74) is 4.22. The van der Waals surface area contributed by atoms with E-state index in [9.17, 15) is 0 Å². The van der Waals surface area contributed by atoms with Gasteiger partial charge in [-0.15, -0.1) is 0 Å². The van der Waals surface area contributed by atoms with Gasteiger partial charge in [0.15, 0.2) is 0 Å². The van der Waals surface area contributed by atoms with Crippen LogP contribution in [-0.2, 0) is 6.42 Å². The number of nitrogens with zero attached hydrogens (tertiary/aromatic N) is 1. The molecule has 2 heteroatoms. The summed E-state index contributed by atoms with van der Waals surface area (Å²) in [4.78, 5) is 4.19. The zero-order chi connectivity index (χ0) is 14.5. The summed E-state index contributed by atoms with van der Waals surface area (Å²) < 4.78 is 0. The van der Waals surface area contributed by atoms with Crippen molar-refractivity contribution in [3.63, 3.8) is 0 Å². The van der Waals surface area contributed by atoms with Crippen molar-refractivity contribution < 1.29 is 0 Å². The molecule has 1 aromatic heterocycles. The molecule has 110 valence electrons. The van der Waals surface area contributed by atoms with E-state index in [0.29, 0.717) is 6.04 Å². The smallest absolute Gasteiger partial charge is 0.0320 e. The summed E-state index contributed by atoms with van der Waals surface area (Å²) in [5.74, 6) is 0.822. The Labute approximate surface area is 127 Å². The maximum absolute atomic E-state index is 4.19. The van der Waals surface area contributed by atoms with E-state index in [1.807, 2.05) is 25.5 Å². The van der Waals surface area contributed by atoms with Gasteiger partial charge in [0.05, 0.1) is 0 Å². The molecule has 0 aliphatic heterocycles. The van der Waals surface area contributed by atoms with Gasteiger partial charge in [-0.05, 0) is 61.4 Å². The lowest BCUT2D eigenvalue weighted by Gasteiger charge is -2.26. The van der Waals surface area contributed by atoms with Gasteiger partial charge in [-0.25, -0.2) is 0 Å². The third-order valence-electron chi connectivity index (χ3n) is 4.71. The molecule has 1 aliphatic rings. The average molecular weight is 280 g/mol.